The van der Waals surface area contributed by atoms with E-state index in [4.69, 9.17) is 4.74 Å². The fourth-order valence-corrected chi connectivity index (χ4v) is 4.07. The second-order valence-corrected chi connectivity index (χ2v) is 9.79. The van der Waals surface area contributed by atoms with Crippen molar-refractivity contribution >= 4 is 5.97 Å². The fourth-order valence-electron chi connectivity index (χ4n) is 4.07. The average molecular weight is 325 g/mol. The zero-order valence-corrected chi connectivity index (χ0v) is 17.0. The van der Waals surface area contributed by atoms with Gasteiger partial charge in [0.05, 0.1) is 5.41 Å². The lowest BCUT2D eigenvalue weighted by Crippen LogP contribution is -2.49. The van der Waals surface area contributed by atoms with Crippen LogP contribution in [0.5, 0.6) is 0 Å². The molecule has 1 aliphatic carbocycles. The Hall–Kier alpha value is -0.530. The maximum absolute atomic E-state index is 13.4. The van der Waals surface area contributed by atoms with Crippen molar-refractivity contribution in [2.24, 2.45) is 16.2 Å². The molecule has 23 heavy (non-hydrogen) atoms. The monoisotopic (exact) mass is 324 g/mol. The highest BCUT2D eigenvalue weighted by atomic mass is 16.6. The summed E-state index contributed by atoms with van der Waals surface area (Å²) >= 11 is 0. The molecule has 1 fully saturated rings. The Bertz CT molecular complexity index is 397. The Balaban J connectivity index is 3.08. The van der Waals surface area contributed by atoms with Gasteiger partial charge in [-0.15, -0.1) is 0 Å². The van der Waals surface area contributed by atoms with Crippen LogP contribution in [-0.2, 0) is 9.53 Å². The number of esters is 1. The number of carbonyl (C=O) groups is 1. The highest BCUT2D eigenvalue weighted by Crippen LogP contribution is 2.50. The van der Waals surface area contributed by atoms with Crippen LogP contribution < -0.4 is 0 Å². The first-order valence-corrected chi connectivity index (χ1v) is 9.65. The lowest BCUT2D eigenvalue weighted by atomic mass is 9.59. The summed E-state index contributed by atoms with van der Waals surface area (Å²) in [6.45, 7) is 17.6. The first-order chi connectivity index (χ1) is 10.4. The van der Waals surface area contributed by atoms with Gasteiger partial charge in [0, 0.05) is 0 Å². The van der Waals surface area contributed by atoms with E-state index in [-0.39, 0.29) is 22.4 Å². The molecular weight excluding hydrogens is 284 g/mol. The number of carbonyl (C=O) groups excluding carboxylic acids is 1. The first-order valence-electron chi connectivity index (χ1n) is 9.65. The van der Waals surface area contributed by atoms with Gasteiger partial charge < -0.3 is 4.74 Å². The van der Waals surface area contributed by atoms with Gasteiger partial charge in [-0.3, -0.25) is 4.79 Å². The minimum atomic E-state index is -0.445. The second-order valence-electron chi connectivity index (χ2n) is 9.79. The summed E-state index contributed by atoms with van der Waals surface area (Å²) in [5.74, 6) is 0.0306. The molecule has 0 bridgehead atoms. The minimum Gasteiger partial charge on any atom is -0.459 e. The van der Waals surface area contributed by atoms with Crippen LogP contribution >= 0.6 is 0 Å². The van der Waals surface area contributed by atoms with E-state index in [9.17, 15) is 4.79 Å². The predicted molar refractivity (Wildman–Crippen MR) is 98.5 cm³/mol. The molecule has 1 atom stereocenters. The van der Waals surface area contributed by atoms with Crippen molar-refractivity contribution in [3.63, 3.8) is 0 Å². The maximum Gasteiger partial charge on any atom is 0.312 e. The molecule has 0 aromatic rings. The molecule has 136 valence electrons. The van der Waals surface area contributed by atoms with Gasteiger partial charge in [-0.2, -0.15) is 0 Å². The second kappa shape index (κ2) is 7.15. The van der Waals surface area contributed by atoms with E-state index in [1.807, 2.05) is 0 Å². The molecule has 0 radical (unpaired) electrons. The molecule has 1 rings (SSSR count). The van der Waals surface area contributed by atoms with Gasteiger partial charge in [0.2, 0.25) is 0 Å². The molecule has 0 aromatic carbocycles. The molecule has 2 heteroatoms. The Morgan fingerprint density at radius 2 is 1.48 bits per heavy atom. The number of hydrogen-bond acceptors (Lipinski definition) is 2. The van der Waals surface area contributed by atoms with E-state index in [1.165, 1.54) is 19.3 Å². The SMILES string of the molecule is CCC1(OC(=O)C(C)(CC(C)(C)C)C(C)(C)CC)CCCCC1. The fraction of sp³-hybridized carbons (Fsp3) is 0.952. The van der Waals surface area contributed by atoms with Gasteiger partial charge in [0.25, 0.3) is 0 Å². The van der Waals surface area contributed by atoms with Crippen molar-refractivity contribution in [3.05, 3.63) is 0 Å². The smallest absolute Gasteiger partial charge is 0.312 e. The Morgan fingerprint density at radius 1 is 0.957 bits per heavy atom. The summed E-state index contributed by atoms with van der Waals surface area (Å²) in [7, 11) is 0. The van der Waals surface area contributed by atoms with E-state index >= 15 is 0 Å². The molecular formula is C21H40O2. The van der Waals surface area contributed by atoms with Crippen LogP contribution in [0.3, 0.4) is 0 Å². The quantitative estimate of drug-likeness (QED) is 0.520. The van der Waals surface area contributed by atoms with Crippen molar-refractivity contribution in [1.82, 2.24) is 0 Å². The maximum atomic E-state index is 13.4. The summed E-state index contributed by atoms with van der Waals surface area (Å²) in [5, 5.41) is 0. The summed E-state index contributed by atoms with van der Waals surface area (Å²) in [6.07, 6.45) is 8.51. The van der Waals surface area contributed by atoms with Crippen LogP contribution in [0.25, 0.3) is 0 Å². The summed E-state index contributed by atoms with van der Waals surface area (Å²) in [4.78, 5) is 13.4. The normalized spacial score (nSPS) is 21.6. The molecule has 1 saturated carbocycles. The van der Waals surface area contributed by atoms with Crippen molar-refractivity contribution < 1.29 is 9.53 Å². The highest BCUT2D eigenvalue weighted by Gasteiger charge is 2.51. The van der Waals surface area contributed by atoms with Crippen molar-refractivity contribution in [2.75, 3.05) is 0 Å². The van der Waals surface area contributed by atoms with Crippen LogP contribution in [0.1, 0.15) is 107 Å². The minimum absolute atomic E-state index is 0.0306. The lowest BCUT2D eigenvalue weighted by molar-refractivity contribution is -0.186. The average Bonchev–Trinajstić information content (AvgIpc) is 2.46. The molecule has 0 aliphatic heterocycles. The van der Waals surface area contributed by atoms with E-state index in [1.54, 1.807) is 0 Å². The van der Waals surface area contributed by atoms with Crippen LogP contribution in [0.15, 0.2) is 0 Å². The van der Waals surface area contributed by atoms with Gasteiger partial charge in [0.1, 0.15) is 5.60 Å². The van der Waals surface area contributed by atoms with Crippen molar-refractivity contribution in [3.8, 4) is 0 Å². The van der Waals surface area contributed by atoms with Crippen LogP contribution in [-0.4, -0.2) is 11.6 Å². The standard InChI is InChI=1S/C21H40O2/c1-9-19(6,7)20(8,16-18(3,4)5)17(22)23-21(10-2)14-12-11-13-15-21/h9-16H2,1-8H3. The Labute approximate surface area is 144 Å². The predicted octanol–water partition coefficient (Wildman–Crippen LogP) is 6.52. The highest BCUT2D eigenvalue weighted by molar-refractivity contribution is 5.78. The molecule has 0 heterocycles. The van der Waals surface area contributed by atoms with Gasteiger partial charge in [-0.05, 0) is 62.7 Å². The molecule has 0 aromatic heterocycles. The topological polar surface area (TPSA) is 26.3 Å². The van der Waals surface area contributed by atoms with Gasteiger partial charge >= 0.3 is 5.97 Å². The van der Waals surface area contributed by atoms with E-state index < -0.39 is 5.41 Å². The molecule has 1 unspecified atom stereocenters. The summed E-state index contributed by atoms with van der Waals surface area (Å²) in [6, 6.07) is 0. The van der Waals surface area contributed by atoms with E-state index in [0.29, 0.717) is 0 Å². The number of ether oxygens (including phenoxy) is 1. The zero-order valence-electron chi connectivity index (χ0n) is 17.0. The van der Waals surface area contributed by atoms with E-state index in [2.05, 4.69) is 55.4 Å². The Kier molecular flexibility index (Phi) is 6.38. The zero-order chi connectivity index (χ0) is 17.9. The molecule has 0 amide bonds. The van der Waals surface area contributed by atoms with Gasteiger partial charge in [-0.25, -0.2) is 0 Å². The summed E-state index contributed by atoms with van der Waals surface area (Å²) in [5.41, 5.74) is -0.620. The molecule has 2 nitrogen and oxygen atoms in total. The molecule has 1 aliphatic rings. The lowest BCUT2D eigenvalue weighted by Gasteiger charge is -2.47. The van der Waals surface area contributed by atoms with Crippen molar-refractivity contribution in [2.45, 2.75) is 112 Å². The third-order valence-electron chi connectivity index (χ3n) is 6.43. The Morgan fingerprint density at radius 3 is 1.87 bits per heavy atom. The molecule has 0 spiro atoms. The van der Waals surface area contributed by atoms with Crippen LogP contribution in [0.2, 0.25) is 0 Å². The number of hydrogen-bond donors (Lipinski definition) is 0. The number of rotatable bonds is 6. The van der Waals surface area contributed by atoms with Crippen molar-refractivity contribution in [1.29, 1.82) is 0 Å². The third kappa shape index (κ3) is 4.73. The molecule has 0 N–H and O–H groups in total. The van der Waals surface area contributed by atoms with Crippen LogP contribution in [0.4, 0.5) is 0 Å². The van der Waals surface area contributed by atoms with E-state index in [0.717, 1.165) is 32.1 Å². The summed E-state index contributed by atoms with van der Waals surface area (Å²) < 4.78 is 6.29. The first kappa shape index (κ1) is 20.5. The van der Waals surface area contributed by atoms with Crippen LogP contribution in [0, 0.1) is 16.2 Å². The largest absolute Gasteiger partial charge is 0.459 e. The molecule has 0 saturated heterocycles. The van der Waals surface area contributed by atoms with Gasteiger partial charge in [-0.1, -0.05) is 54.9 Å². The van der Waals surface area contributed by atoms with Gasteiger partial charge in [0.15, 0.2) is 0 Å². The third-order valence-corrected chi connectivity index (χ3v) is 6.43.